The van der Waals surface area contributed by atoms with E-state index in [0.717, 1.165) is 5.69 Å². The molecule has 0 radical (unpaired) electrons. The molecule has 0 saturated carbocycles. The van der Waals surface area contributed by atoms with Gasteiger partial charge in [-0.05, 0) is 32.0 Å². The fourth-order valence-electron chi connectivity index (χ4n) is 3.56. The normalized spacial score (nSPS) is 12.5. The molecule has 0 fully saturated rings. The van der Waals surface area contributed by atoms with Gasteiger partial charge in [0, 0.05) is 22.2 Å². The lowest BCUT2D eigenvalue weighted by Gasteiger charge is -2.11. The van der Waals surface area contributed by atoms with Gasteiger partial charge >= 0.3 is 0 Å². The van der Waals surface area contributed by atoms with Crippen LogP contribution in [0.2, 0.25) is 0 Å². The van der Waals surface area contributed by atoms with Crippen molar-refractivity contribution < 1.29 is 19.0 Å². The molecule has 5 rings (SSSR count). The van der Waals surface area contributed by atoms with Crippen molar-refractivity contribution in [2.45, 2.75) is 26.5 Å². The maximum Gasteiger partial charge on any atom is 0.247 e. The van der Waals surface area contributed by atoms with Crippen LogP contribution in [-0.4, -0.2) is 52.4 Å². The minimum atomic E-state index is -0.808. The van der Waals surface area contributed by atoms with E-state index >= 15 is 0 Å². The van der Waals surface area contributed by atoms with E-state index in [0.29, 0.717) is 27.7 Å². The summed E-state index contributed by atoms with van der Waals surface area (Å²) >= 11 is 0. The molecule has 5 aromatic rings. The van der Waals surface area contributed by atoms with E-state index in [1.54, 1.807) is 28.9 Å². The second-order valence-electron chi connectivity index (χ2n) is 7.42. The van der Waals surface area contributed by atoms with Crippen molar-refractivity contribution in [2.75, 3.05) is 6.61 Å². The smallest absolute Gasteiger partial charge is 0.247 e. The zero-order valence-electron chi connectivity index (χ0n) is 17.4. The molecule has 0 bridgehead atoms. The number of aromatic amines is 1. The lowest BCUT2D eigenvalue weighted by molar-refractivity contribution is 0.0852. The summed E-state index contributed by atoms with van der Waals surface area (Å²) in [6, 6.07) is 5.04. The number of rotatable bonds is 7. The first-order valence-electron chi connectivity index (χ1n) is 9.93. The Labute approximate surface area is 181 Å². The predicted octanol–water partition coefficient (Wildman–Crippen LogP) is 2.79. The molecule has 1 atom stereocenters. The summed E-state index contributed by atoms with van der Waals surface area (Å²) in [5.41, 5.74) is 2.79. The van der Waals surface area contributed by atoms with Gasteiger partial charge < -0.3 is 19.6 Å². The fraction of sp³-hybridized carbons (Fsp3) is 0.238. The van der Waals surface area contributed by atoms with Crippen LogP contribution in [0.15, 0.2) is 43.1 Å². The van der Waals surface area contributed by atoms with E-state index in [1.807, 2.05) is 13.8 Å². The van der Waals surface area contributed by atoms with E-state index in [9.17, 15) is 9.50 Å². The molecule has 164 valence electrons. The van der Waals surface area contributed by atoms with Crippen molar-refractivity contribution in [3.05, 3.63) is 60.2 Å². The van der Waals surface area contributed by atoms with Gasteiger partial charge in [-0.15, -0.1) is 0 Å². The Bertz CT molecular complexity index is 1390. The second-order valence-corrected chi connectivity index (χ2v) is 7.42. The third-order valence-corrected chi connectivity index (χ3v) is 5.06. The van der Waals surface area contributed by atoms with Crippen LogP contribution in [0.3, 0.4) is 0 Å². The number of H-pyrrole nitrogens is 1. The summed E-state index contributed by atoms with van der Waals surface area (Å²) in [5, 5.41) is 22.7. The number of aromatic nitrogens is 7. The Hall–Kier alpha value is -3.99. The molecule has 0 spiro atoms. The average Bonchev–Trinajstić information content (AvgIpc) is 3.48. The van der Waals surface area contributed by atoms with Crippen LogP contribution in [-0.2, 0) is 6.54 Å². The number of benzene rings is 1. The first-order valence-corrected chi connectivity index (χ1v) is 9.93. The van der Waals surface area contributed by atoms with Crippen molar-refractivity contribution >= 4 is 16.4 Å². The lowest BCUT2D eigenvalue weighted by Crippen LogP contribution is -2.24. The highest BCUT2D eigenvalue weighted by molar-refractivity contribution is 5.83. The Morgan fingerprint density at radius 2 is 1.97 bits per heavy atom. The molecule has 0 saturated heterocycles. The molecule has 0 aliphatic carbocycles. The van der Waals surface area contributed by atoms with Gasteiger partial charge in [0.2, 0.25) is 5.88 Å². The summed E-state index contributed by atoms with van der Waals surface area (Å²) in [7, 11) is 0. The standard InChI is InChI=1S/C21H20FN7O3/c1-12-7-15-16(27-12)3-4-17(19(15)22)32-21-20-13(2)18(9-28(20)26-11-23-21)31-10-14(30)8-29-24-5-6-25-29/h3-7,9,11,14,27,30H,8,10H2,1-2H3/t14-/m0/s1. The monoisotopic (exact) mass is 437 g/mol. The van der Waals surface area contributed by atoms with Crippen LogP contribution < -0.4 is 9.47 Å². The average molecular weight is 437 g/mol. The van der Waals surface area contributed by atoms with E-state index in [1.165, 1.54) is 23.5 Å². The molecular formula is C21H20FN7O3. The molecule has 0 aliphatic heterocycles. The largest absolute Gasteiger partial charge is 0.489 e. The summed E-state index contributed by atoms with van der Waals surface area (Å²) in [5.74, 6) is 0.279. The number of fused-ring (bicyclic) bond motifs is 2. The minimum Gasteiger partial charge on any atom is -0.489 e. The topological polar surface area (TPSA) is 115 Å². The number of hydrogen-bond acceptors (Lipinski definition) is 7. The molecule has 0 amide bonds. The third-order valence-electron chi connectivity index (χ3n) is 5.06. The van der Waals surface area contributed by atoms with Crippen molar-refractivity contribution in [3.63, 3.8) is 0 Å². The number of ether oxygens (including phenoxy) is 2. The van der Waals surface area contributed by atoms with Crippen molar-refractivity contribution in [2.24, 2.45) is 0 Å². The Balaban J connectivity index is 1.40. The molecule has 1 aromatic carbocycles. The van der Waals surface area contributed by atoms with Crippen LogP contribution in [0.5, 0.6) is 17.4 Å². The third kappa shape index (κ3) is 3.62. The first kappa shape index (κ1) is 19.9. The van der Waals surface area contributed by atoms with Gasteiger partial charge in [0.1, 0.15) is 30.3 Å². The predicted molar refractivity (Wildman–Crippen MR) is 112 cm³/mol. The number of hydrogen-bond donors (Lipinski definition) is 2. The fourth-order valence-corrected chi connectivity index (χ4v) is 3.56. The summed E-state index contributed by atoms with van der Waals surface area (Å²) in [6.45, 7) is 3.91. The Morgan fingerprint density at radius 1 is 1.16 bits per heavy atom. The van der Waals surface area contributed by atoms with Crippen molar-refractivity contribution in [1.29, 1.82) is 0 Å². The van der Waals surface area contributed by atoms with E-state index in [-0.39, 0.29) is 24.8 Å². The zero-order valence-corrected chi connectivity index (χ0v) is 17.4. The van der Waals surface area contributed by atoms with Gasteiger partial charge in [0.25, 0.3) is 0 Å². The van der Waals surface area contributed by atoms with Gasteiger partial charge in [-0.3, -0.25) is 0 Å². The van der Waals surface area contributed by atoms with Gasteiger partial charge in [0.15, 0.2) is 11.6 Å². The SMILES string of the molecule is Cc1cc2c(F)c(Oc3ncnn4cc(OC[C@@H](O)Cn5nccn5)c(C)c34)ccc2[nH]1. The summed E-state index contributed by atoms with van der Waals surface area (Å²) in [4.78, 5) is 8.67. The van der Waals surface area contributed by atoms with Crippen LogP contribution >= 0.6 is 0 Å². The number of aliphatic hydroxyl groups excluding tert-OH is 1. The van der Waals surface area contributed by atoms with E-state index in [2.05, 4.69) is 25.3 Å². The molecule has 4 aromatic heterocycles. The van der Waals surface area contributed by atoms with E-state index < -0.39 is 11.9 Å². The number of aliphatic hydroxyl groups is 1. The lowest BCUT2D eigenvalue weighted by atomic mass is 10.2. The quantitative estimate of drug-likeness (QED) is 0.402. The van der Waals surface area contributed by atoms with E-state index in [4.69, 9.17) is 9.47 Å². The van der Waals surface area contributed by atoms with Gasteiger partial charge in [0.05, 0.1) is 25.1 Å². The molecule has 10 nitrogen and oxygen atoms in total. The number of aryl methyl sites for hydroxylation is 2. The molecule has 2 N–H and O–H groups in total. The number of nitrogens with zero attached hydrogens (tertiary/aromatic N) is 6. The zero-order chi connectivity index (χ0) is 22.2. The molecule has 4 heterocycles. The molecule has 0 unspecified atom stereocenters. The molecule has 0 aliphatic rings. The number of halogens is 1. The van der Waals surface area contributed by atoms with Crippen LogP contribution in [0.1, 0.15) is 11.3 Å². The highest BCUT2D eigenvalue weighted by Gasteiger charge is 2.19. The number of nitrogens with one attached hydrogen (secondary N) is 1. The van der Waals surface area contributed by atoms with Gasteiger partial charge in [-0.1, -0.05) is 0 Å². The molecule has 11 heteroatoms. The van der Waals surface area contributed by atoms with Gasteiger partial charge in [-0.2, -0.15) is 25.1 Å². The molecular weight excluding hydrogens is 417 g/mol. The maximum absolute atomic E-state index is 15.0. The van der Waals surface area contributed by atoms with Crippen molar-refractivity contribution in [1.82, 2.24) is 34.6 Å². The highest BCUT2D eigenvalue weighted by Crippen LogP contribution is 2.34. The maximum atomic E-state index is 15.0. The summed E-state index contributed by atoms with van der Waals surface area (Å²) in [6.07, 6.45) is 5.25. The Morgan fingerprint density at radius 3 is 2.78 bits per heavy atom. The second kappa shape index (κ2) is 7.93. The molecule has 32 heavy (non-hydrogen) atoms. The Kier molecular flexibility index (Phi) is 4.94. The van der Waals surface area contributed by atoms with Crippen molar-refractivity contribution in [3.8, 4) is 17.4 Å². The minimum absolute atomic E-state index is 0.0288. The summed E-state index contributed by atoms with van der Waals surface area (Å²) < 4.78 is 28.2. The highest BCUT2D eigenvalue weighted by atomic mass is 19.1. The van der Waals surface area contributed by atoms with Crippen LogP contribution in [0, 0.1) is 19.7 Å². The van der Waals surface area contributed by atoms with Crippen LogP contribution in [0.25, 0.3) is 16.4 Å². The van der Waals surface area contributed by atoms with Gasteiger partial charge in [-0.25, -0.2) is 8.91 Å². The first-order chi connectivity index (χ1) is 15.5. The van der Waals surface area contributed by atoms with Crippen LogP contribution in [0.4, 0.5) is 4.39 Å².